The molecule has 1 N–H and O–H groups in total. The van der Waals surface area contributed by atoms with Gasteiger partial charge in [0.2, 0.25) is 11.8 Å². The SMILES string of the molecule is Cc1noc(Cn2c(C(F)(F)F)cc(-c3ccc(F)cc3)c2C(=O)N(C)C(C)C)n1.Cc1noc(Cn2c(C(F)(F)F)cc(-c3ccc(F)cc3)c2C(=O)O)n1. The maximum absolute atomic E-state index is 13.9. The zero-order valence-electron chi connectivity index (χ0n) is 30.0. The molecule has 0 saturated heterocycles. The second-order valence-corrected chi connectivity index (χ2v) is 12.6. The largest absolute Gasteiger partial charge is 0.477 e. The zero-order valence-corrected chi connectivity index (χ0v) is 30.0. The number of carbonyl (C=O) groups is 2. The second-order valence-electron chi connectivity index (χ2n) is 12.6. The minimum Gasteiger partial charge on any atom is -0.477 e. The van der Waals surface area contributed by atoms with Gasteiger partial charge in [-0.3, -0.25) is 4.79 Å². The molecule has 0 aliphatic heterocycles. The number of nitrogens with zero attached hydrogens (tertiary/aromatic N) is 7. The van der Waals surface area contributed by atoms with Gasteiger partial charge in [0.25, 0.3) is 5.91 Å². The van der Waals surface area contributed by atoms with Crippen LogP contribution in [-0.2, 0) is 25.4 Å². The van der Waals surface area contributed by atoms with Crippen molar-refractivity contribution in [1.82, 2.24) is 34.3 Å². The lowest BCUT2D eigenvalue weighted by Crippen LogP contribution is -2.35. The van der Waals surface area contributed by atoms with Crippen LogP contribution in [0.25, 0.3) is 22.3 Å². The lowest BCUT2D eigenvalue weighted by molar-refractivity contribution is -0.144. The van der Waals surface area contributed by atoms with Gasteiger partial charge in [-0.15, -0.1) is 0 Å². The summed E-state index contributed by atoms with van der Waals surface area (Å²) in [5.41, 5.74) is -2.78. The molecule has 0 unspecified atom stereocenters. The van der Waals surface area contributed by atoms with Crippen molar-refractivity contribution in [2.24, 2.45) is 0 Å². The minimum absolute atomic E-state index is 0.0380. The van der Waals surface area contributed by atoms with Gasteiger partial charge in [-0.2, -0.15) is 36.3 Å². The van der Waals surface area contributed by atoms with Crippen LogP contribution >= 0.6 is 0 Å². The lowest BCUT2D eigenvalue weighted by Gasteiger charge is -2.23. The maximum atomic E-state index is 13.9. The number of halogens is 8. The molecule has 0 spiro atoms. The molecule has 296 valence electrons. The quantitative estimate of drug-likeness (QED) is 0.143. The number of hydrogen-bond acceptors (Lipinski definition) is 8. The van der Waals surface area contributed by atoms with Crippen molar-refractivity contribution in [2.75, 3.05) is 7.05 Å². The third-order valence-corrected chi connectivity index (χ3v) is 8.31. The highest BCUT2D eigenvalue weighted by atomic mass is 19.4. The van der Waals surface area contributed by atoms with Crippen LogP contribution in [0.4, 0.5) is 35.1 Å². The molecule has 4 aromatic heterocycles. The van der Waals surface area contributed by atoms with Crippen molar-refractivity contribution in [2.45, 2.75) is 59.2 Å². The van der Waals surface area contributed by atoms with Crippen LogP contribution in [0, 0.1) is 25.5 Å². The molecule has 56 heavy (non-hydrogen) atoms. The molecule has 12 nitrogen and oxygen atoms in total. The number of aryl methyl sites for hydroxylation is 2. The number of benzene rings is 2. The number of rotatable bonds is 9. The van der Waals surface area contributed by atoms with Gasteiger partial charge in [-0.25, -0.2) is 13.6 Å². The fourth-order valence-corrected chi connectivity index (χ4v) is 5.54. The zero-order chi connectivity index (χ0) is 41.3. The van der Waals surface area contributed by atoms with Gasteiger partial charge in [-0.05, 0) is 75.2 Å². The molecule has 20 heteroatoms. The Balaban J connectivity index is 0.000000216. The van der Waals surface area contributed by atoms with Crippen LogP contribution in [-0.4, -0.2) is 64.4 Å². The van der Waals surface area contributed by atoms with E-state index in [1.165, 1.54) is 50.1 Å². The molecule has 2 aromatic carbocycles. The van der Waals surface area contributed by atoms with E-state index in [4.69, 9.17) is 9.05 Å². The average molecular weight is 794 g/mol. The van der Waals surface area contributed by atoms with Crippen molar-refractivity contribution >= 4 is 11.9 Å². The van der Waals surface area contributed by atoms with E-state index in [9.17, 15) is 49.8 Å². The van der Waals surface area contributed by atoms with Crippen molar-refractivity contribution in [3.8, 4) is 22.3 Å². The summed E-state index contributed by atoms with van der Waals surface area (Å²) in [6, 6.07) is 10.7. The van der Waals surface area contributed by atoms with Gasteiger partial charge in [0, 0.05) is 24.2 Å². The Morgan fingerprint density at radius 2 is 1.09 bits per heavy atom. The Labute approximate surface area is 312 Å². The van der Waals surface area contributed by atoms with Gasteiger partial charge in [0.05, 0.1) is 0 Å². The molecule has 0 atom stereocenters. The molecule has 4 heterocycles. The van der Waals surface area contributed by atoms with Crippen molar-refractivity contribution in [3.63, 3.8) is 0 Å². The summed E-state index contributed by atoms with van der Waals surface area (Å²) in [6.07, 6.45) is -9.57. The number of alkyl halides is 6. The molecule has 0 fully saturated rings. The lowest BCUT2D eigenvalue weighted by atomic mass is 10.0. The van der Waals surface area contributed by atoms with E-state index in [2.05, 4.69) is 20.3 Å². The minimum atomic E-state index is -4.82. The average Bonchev–Trinajstić information content (AvgIpc) is 3.90. The summed E-state index contributed by atoms with van der Waals surface area (Å²) in [5, 5.41) is 16.6. The van der Waals surface area contributed by atoms with E-state index in [0.29, 0.717) is 10.6 Å². The Bertz CT molecular complexity index is 2340. The molecule has 0 aliphatic carbocycles. The molecule has 1 amide bonds. The number of carboxylic acid groups (broad SMARTS) is 1. The number of aromatic carboxylic acids is 1. The highest BCUT2D eigenvalue weighted by Gasteiger charge is 2.40. The number of carbonyl (C=O) groups excluding carboxylic acids is 1. The number of amides is 1. The Hall–Kier alpha value is -6.34. The molecule has 0 radical (unpaired) electrons. The van der Waals surface area contributed by atoms with Crippen molar-refractivity contribution in [3.05, 3.63) is 119 Å². The second kappa shape index (κ2) is 15.8. The third-order valence-electron chi connectivity index (χ3n) is 8.31. The highest BCUT2D eigenvalue weighted by molar-refractivity contribution is 6.00. The fourth-order valence-electron chi connectivity index (χ4n) is 5.54. The molecule has 0 saturated carbocycles. The fraction of sp³-hybridized carbons (Fsp3) is 0.278. The van der Waals surface area contributed by atoms with E-state index in [1.54, 1.807) is 13.8 Å². The van der Waals surface area contributed by atoms with Crippen LogP contribution in [0.2, 0.25) is 0 Å². The van der Waals surface area contributed by atoms with E-state index in [0.717, 1.165) is 34.9 Å². The van der Waals surface area contributed by atoms with Crippen LogP contribution in [0.3, 0.4) is 0 Å². The topological polar surface area (TPSA) is 145 Å². The summed E-state index contributed by atoms with van der Waals surface area (Å²) < 4.78 is 120. The van der Waals surface area contributed by atoms with Gasteiger partial charge in [0.15, 0.2) is 11.6 Å². The van der Waals surface area contributed by atoms with Crippen LogP contribution in [0.15, 0.2) is 69.7 Å². The Morgan fingerprint density at radius 1 is 0.714 bits per heavy atom. The van der Waals surface area contributed by atoms with Gasteiger partial charge < -0.3 is 28.2 Å². The van der Waals surface area contributed by atoms with Crippen LogP contribution in [0.5, 0.6) is 0 Å². The van der Waals surface area contributed by atoms with Gasteiger partial charge in [0.1, 0.15) is 47.5 Å². The summed E-state index contributed by atoms with van der Waals surface area (Å²) in [7, 11) is 1.50. The van der Waals surface area contributed by atoms with Gasteiger partial charge in [-0.1, -0.05) is 34.6 Å². The first-order chi connectivity index (χ1) is 26.1. The third kappa shape index (κ3) is 8.95. The molecule has 0 bridgehead atoms. The van der Waals surface area contributed by atoms with E-state index >= 15 is 0 Å². The number of hydrogen-bond donors (Lipinski definition) is 1. The first kappa shape index (κ1) is 40.8. The molecule has 6 rings (SSSR count). The predicted molar refractivity (Wildman–Crippen MR) is 180 cm³/mol. The van der Waals surface area contributed by atoms with E-state index < -0.39 is 66.0 Å². The number of carboxylic acids is 1. The normalized spacial score (nSPS) is 11.8. The summed E-state index contributed by atoms with van der Waals surface area (Å²) in [4.78, 5) is 34.0. The summed E-state index contributed by atoms with van der Waals surface area (Å²) in [5.74, 6) is -3.09. The molecule has 0 aliphatic rings. The van der Waals surface area contributed by atoms with E-state index in [-0.39, 0.29) is 57.4 Å². The summed E-state index contributed by atoms with van der Waals surface area (Å²) in [6.45, 7) is 5.50. The van der Waals surface area contributed by atoms with Crippen LogP contribution < -0.4 is 0 Å². The Kier molecular flexibility index (Phi) is 11.5. The summed E-state index contributed by atoms with van der Waals surface area (Å²) >= 11 is 0. The number of aromatic nitrogens is 6. The molecular formula is C36H31F8N7O5. The van der Waals surface area contributed by atoms with E-state index in [1.807, 2.05) is 0 Å². The van der Waals surface area contributed by atoms with Crippen LogP contribution in [0.1, 0.15) is 69.6 Å². The Morgan fingerprint density at radius 3 is 1.41 bits per heavy atom. The standard InChI is InChI=1S/C20H20F4N4O2.C16H11F4N3O3/c1-11(2)27(4)19(29)18-15(13-5-7-14(21)8-6-13)9-16(20(22,23)24)28(18)10-17-25-12(3)26-30-17;1-8-21-13(26-22-8)7-23-12(16(18,19)20)6-11(14(23)15(24)25)9-2-4-10(17)5-3-9/h5-9,11H,10H2,1-4H3;2-6H,7H2,1H3,(H,24,25). The van der Waals surface area contributed by atoms with Gasteiger partial charge >= 0.3 is 18.3 Å². The molecule has 6 aromatic rings. The predicted octanol–water partition coefficient (Wildman–Crippen LogP) is 8.28. The smallest absolute Gasteiger partial charge is 0.431 e. The molecular weight excluding hydrogens is 762 g/mol. The van der Waals surface area contributed by atoms with Crippen molar-refractivity contribution in [1.29, 1.82) is 0 Å². The highest BCUT2D eigenvalue weighted by Crippen LogP contribution is 2.39. The maximum Gasteiger partial charge on any atom is 0.431 e. The first-order valence-electron chi connectivity index (χ1n) is 16.4. The monoisotopic (exact) mass is 793 g/mol. The first-order valence-corrected chi connectivity index (χ1v) is 16.4. The van der Waals surface area contributed by atoms with Crippen molar-refractivity contribution < 1.29 is 58.9 Å².